The number of rotatable bonds is 5. The van der Waals surface area contributed by atoms with Crippen LogP contribution in [0.15, 0.2) is 30.5 Å². The third kappa shape index (κ3) is 2.82. The highest BCUT2D eigenvalue weighted by molar-refractivity contribution is 5.89. The molecule has 26 heavy (non-hydrogen) atoms. The molecule has 0 aromatic carbocycles. The largest absolute Gasteiger partial charge is 0.355 e. The van der Waals surface area contributed by atoms with E-state index in [1.165, 1.54) is 6.07 Å². The number of halogens is 1. The molecule has 0 spiro atoms. The molecule has 0 radical (unpaired) electrons. The molecule has 0 atom stereocenters. The molecule has 0 aliphatic carbocycles. The molecule has 0 unspecified atom stereocenters. The molecule has 0 bridgehead atoms. The summed E-state index contributed by atoms with van der Waals surface area (Å²) >= 11 is 0. The van der Waals surface area contributed by atoms with Crippen molar-refractivity contribution < 1.29 is 5.82 Å². The predicted molar refractivity (Wildman–Crippen MR) is 102 cm³/mol. The summed E-state index contributed by atoms with van der Waals surface area (Å²) < 4.78 is 14.5. The molecule has 3 aromatic rings. The average Bonchev–Trinajstić information content (AvgIpc) is 3.02. The Morgan fingerprint density at radius 1 is 1.35 bits per heavy atom. The quantitative estimate of drug-likeness (QED) is 0.733. The maximum absolute atomic E-state index is 14.5. The van der Waals surface area contributed by atoms with Crippen molar-refractivity contribution in [2.45, 2.75) is 20.3 Å². The van der Waals surface area contributed by atoms with E-state index in [4.69, 9.17) is 5.73 Å². The highest BCUT2D eigenvalue weighted by Crippen LogP contribution is 2.39. The normalized spacial score (nSPS) is 16.3. The minimum atomic E-state index is -0.379. The Morgan fingerprint density at radius 2 is 2.15 bits per heavy atom. The van der Waals surface area contributed by atoms with E-state index in [1.54, 1.807) is 18.3 Å². The van der Waals surface area contributed by atoms with Gasteiger partial charge in [0.2, 0.25) is 0 Å². The predicted octanol–water partition coefficient (Wildman–Crippen LogP) is 3.22. The first-order valence-electron chi connectivity index (χ1n) is 8.92. The molecule has 6 nitrogen and oxygen atoms in total. The van der Waals surface area contributed by atoms with Crippen molar-refractivity contribution in [2.24, 2.45) is 17.1 Å². The van der Waals surface area contributed by atoms with Crippen molar-refractivity contribution in [3.8, 4) is 11.4 Å². The van der Waals surface area contributed by atoms with Crippen molar-refractivity contribution in [1.82, 2.24) is 20.2 Å². The highest BCUT2D eigenvalue weighted by Gasteiger charge is 2.42. The molecule has 138 valence electrons. The molecule has 0 saturated carbocycles. The van der Waals surface area contributed by atoms with Gasteiger partial charge in [-0.2, -0.15) is 5.10 Å². The van der Waals surface area contributed by atoms with Crippen LogP contribution in [0.2, 0.25) is 0 Å². The number of hydrogen-bond acceptors (Lipinski definition) is 5. The molecule has 3 aromatic heterocycles. The fourth-order valence-corrected chi connectivity index (χ4v) is 3.95. The zero-order chi connectivity index (χ0) is 18.3. The number of aromatic amines is 1. The fraction of sp³-hybridized carbons (Fsp3) is 0.421. The van der Waals surface area contributed by atoms with Crippen molar-refractivity contribution in [2.75, 3.05) is 24.5 Å². The van der Waals surface area contributed by atoms with Gasteiger partial charge < -0.3 is 10.6 Å². The number of H-pyrrole nitrogens is 1. The number of anilines is 1. The van der Waals surface area contributed by atoms with Crippen LogP contribution in [0.5, 0.6) is 0 Å². The molecule has 1 fully saturated rings. The second kappa shape index (κ2) is 6.32. The van der Waals surface area contributed by atoms with E-state index in [-0.39, 0.29) is 18.4 Å². The smallest absolute Gasteiger partial charge is 0.181 e. The second-order valence-corrected chi connectivity index (χ2v) is 7.63. The Morgan fingerprint density at radius 3 is 2.88 bits per heavy atom. The van der Waals surface area contributed by atoms with Gasteiger partial charge in [-0.3, -0.25) is 5.10 Å². The second-order valence-electron chi connectivity index (χ2n) is 7.63. The van der Waals surface area contributed by atoms with Gasteiger partial charge in [0.25, 0.3) is 0 Å². The van der Waals surface area contributed by atoms with E-state index in [0.717, 1.165) is 30.7 Å². The van der Waals surface area contributed by atoms with E-state index in [1.807, 2.05) is 6.07 Å². The Balaban J connectivity index is 0.00000210. The van der Waals surface area contributed by atoms with Crippen LogP contribution >= 0.6 is 0 Å². The summed E-state index contributed by atoms with van der Waals surface area (Å²) in [5.74, 6) is 0.984. The van der Waals surface area contributed by atoms with Crippen molar-refractivity contribution in [1.29, 1.82) is 0 Å². The van der Waals surface area contributed by atoms with Crippen LogP contribution in [-0.2, 0) is 0 Å². The molecule has 3 N–H and O–H groups in total. The number of nitrogens with two attached hydrogens (primary N) is 1. The Kier molecular flexibility index (Phi) is 4.11. The lowest BCUT2D eigenvalue weighted by Crippen LogP contribution is -2.60. The lowest BCUT2D eigenvalue weighted by Gasteiger charge is -2.51. The summed E-state index contributed by atoms with van der Waals surface area (Å²) in [5, 5.41) is 7.77. The van der Waals surface area contributed by atoms with Crippen LogP contribution in [-0.4, -0.2) is 39.8 Å². The monoisotopic (exact) mass is 356 g/mol. The lowest BCUT2D eigenvalue weighted by atomic mass is 9.73. The Labute approximate surface area is 153 Å². The number of aromatic nitrogens is 4. The van der Waals surface area contributed by atoms with Gasteiger partial charge in [-0.05, 0) is 36.6 Å². The lowest BCUT2D eigenvalue weighted by molar-refractivity contribution is 0.177. The maximum Gasteiger partial charge on any atom is 0.181 e. The molecular weight excluding hydrogens is 331 g/mol. The number of nitrogens with one attached hydrogen (secondary N) is 1. The van der Waals surface area contributed by atoms with Crippen LogP contribution in [0.1, 0.15) is 21.7 Å². The number of hydrogen-bond donors (Lipinski definition) is 2. The van der Waals surface area contributed by atoms with E-state index in [9.17, 15) is 4.39 Å². The van der Waals surface area contributed by atoms with Gasteiger partial charge in [0.1, 0.15) is 11.5 Å². The van der Waals surface area contributed by atoms with Crippen LogP contribution < -0.4 is 10.6 Å². The average molecular weight is 356 g/mol. The van der Waals surface area contributed by atoms with Crippen LogP contribution in [0.4, 0.5) is 10.2 Å². The molecule has 1 aliphatic rings. The van der Waals surface area contributed by atoms with E-state index < -0.39 is 0 Å². The molecule has 1 saturated heterocycles. The summed E-state index contributed by atoms with van der Waals surface area (Å²) in [6.07, 6.45) is 2.75. The van der Waals surface area contributed by atoms with Gasteiger partial charge in [0, 0.05) is 38.1 Å². The summed E-state index contributed by atoms with van der Waals surface area (Å²) in [6, 6.07) is 6.86. The van der Waals surface area contributed by atoms with Crippen molar-refractivity contribution in [3.63, 3.8) is 0 Å². The van der Waals surface area contributed by atoms with E-state index in [2.05, 4.69) is 38.9 Å². The highest BCUT2D eigenvalue weighted by atomic mass is 19.1. The summed E-state index contributed by atoms with van der Waals surface area (Å²) in [5.41, 5.74) is 7.54. The first-order valence-corrected chi connectivity index (χ1v) is 8.92. The van der Waals surface area contributed by atoms with Crippen LogP contribution in [0.3, 0.4) is 0 Å². The zero-order valence-corrected chi connectivity index (χ0v) is 15.0. The fourth-order valence-electron chi connectivity index (χ4n) is 3.95. The van der Waals surface area contributed by atoms with Crippen LogP contribution in [0.25, 0.3) is 22.4 Å². The van der Waals surface area contributed by atoms with Gasteiger partial charge in [0.15, 0.2) is 11.5 Å². The summed E-state index contributed by atoms with van der Waals surface area (Å²) in [7, 11) is 0. The Bertz CT molecular complexity index is 935. The molecule has 4 heterocycles. The van der Waals surface area contributed by atoms with Crippen molar-refractivity contribution in [3.05, 3.63) is 36.3 Å². The third-order valence-corrected chi connectivity index (χ3v) is 5.05. The van der Waals surface area contributed by atoms with Gasteiger partial charge in [0.05, 0.1) is 5.69 Å². The van der Waals surface area contributed by atoms with Crippen LogP contribution in [0, 0.1) is 17.2 Å². The van der Waals surface area contributed by atoms with Gasteiger partial charge in [-0.1, -0.05) is 13.8 Å². The maximum atomic E-state index is 14.5. The Hall–Kier alpha value is -2.54. The van der Waals surface area contributed by atoms with E-state index >= 15 is 0 Å². The topological polar surface area (TPSA) is 83.7 Å². The number of nitrogens with zero attached hydrogens (tertiary/aromatic N) is 4. The standard InChI is InChI=1S/C19H23FN6.H2/c1-12(2)8-19(9-21)10-26(11-19)15-6-5-14(20)17(23-15)16-13-4-3-7-22-18(13)25-24-16;/h3-7,12H,8-11,21H2,1-2H3,(H,22,24,25);1H. The molecular formula is C19H25FN6. The summed E-state index contributed by atoms with van der Waals surface area (Å²) in [6.45, 7) is 6.79. The zero-order valence-electron chi connectivity index (χ0n) is 15.0. The first kappa shape index (κ1) is 16.9. The molecule has 4 rings (SSSR count). The van der Waals surface area contributed by atoms with E-state index in [0.29, 0.717) is 23.8 Å². The molecule has 1 aliphatic heterocycles. The number of pyridine rings is 2. The van der Waals surface area contributed by atoms with Gasteiger partial charge in [-0.25, -0.2) is 14.4 Å². The molecule has 7 heteroatoms. The number of fused-ring (bicyclic) bond motifs is 1. The van der Waals surface area contributed by atoms with Crippen molar-refractivity contribution >= 4 is 16.9 Å². The molecule has 0 amide bonds. The summed E-state index contributed by atoms with van der Waals surface area (Å²) in [4.78, 5) is 10.9. The first-order chi connectivity index (χ1) is 12.5. The SMILES string of the molecule is CC(C)CC1(CN)CN(c2ccc(F)c(-c3[nH]nc4ncccc34)n2)C1.[HH]. The van der Waals surface area contributed by atoms with Gasteiger partial charge >= 0.3 is 0 Å². The minimum Gasteiger partial charge on any atom is -0.355 e. The van der Waals surface area contributed by atoms with Gasteiger partial charge in [-0.15, -0.1) is 0 Å². The minimum absolute atomic E-state index is 0. The third-order valence-electron chi connectivity index (χ3n) is 5.05.